The highest BCUT2D eigenvalue weighted by atomic mass is 16.5. The molecule has 0 aliphatic carbocycles. The maximum atomic E-state index is 13.1. The molecule has 0 saturated carbocycles. The molecular formula is C26H35N7O3. The summed E-state index contributed by atoms with van der Waals surface area (Å²) in [6, 6.07) is 5.39. The predicted octanol–water partition coefficient (Wildman–Crippen LogP) is 2.97. The smallest absolute Gasteiger partial charge is 0.350 e. The van der Waals surface area contributed by atoms with Gasteiger partial charge >= 0.3 is 5.69 Å². The first-order valence-electron chi connectivity index (χ1n) is 13.0. The number of likely N-dealkylation sites (tertiary alicyclic amines) is 2. The molecule has 3 aliphatic heterocycles. The van der Waals surface area contributed by atoms with Gasteiger partial charge in [0, 0.05) is 43.4 Å². The third-order valence-electron chi connectivity index (χ3n) is 7.46. The Morgan fingerprint density at radius 2 is 2.06 bits per heavy atom. The Hall–Kier alpha value is -3.24. The van der Waals surface area contributed by atoms with Crippen LogP contribution in [0.2, 0.25) is 0 Å². The molecule has 2 atom stereocenters. The molecule has 36 heavy (non-hydrogen) atoms. The number of hydrogen-bond acceptors (Lipinski definition) is 8. The summed E-state index contributed by atoms with van der Waals surface area (Å²) in [6.07, 6.45) is 8.86. The van der Waals surface area contributed by atoms with Gasteiger partial charge in [0.05, 0.1) is 11.9 Å². The van der Waals surface area contributed by atoms with E-state index in [2.05, 4.69) is 15.2 Å². The lowest BCUT2D eigenvalue weighted by atomic mass is 9.98. The van der Waals surface area contributed by atoms with E-state index in [0.717, 1.165) is 58.2 Å². The molecule has 1 aromatic heterocycles. The van der Waals surface area contributed by atoms with Crippen molar-refractivity contribution in [3.8, 4) is 11.5 Å². The lowest BCUT2D eigenvalue weighted by Crippen LogP contribution is -2.40. The molecule has 0 spiro atoms. The molecule has 0 radical (unpaired) electrons. The SMILES string of the molecule is N=C[C@H]1CCCN(C(=O)c2ccc3c(c2)Nc2nc(=O)n(C4CCCN(CCCN)CC4)cc2O3)C1. The highest BCUT2D eigenvalue weighted by Crippen LogP contribution is 2.41. The van der Waals surface area contributed by atoms with Crippen molar-refractivity contribution in [1.82, 2.24) is 19.4 Å². The molecule has 1 amide bonds. The molecule has 10 nitrogen and oxygen atoms in total. The number of carbonyl (C=O) groups excluding carboxylic acids is 1. The van der Waals surface area contributed by atoms with Crippen LogP contribution in [-0.4, -0.2) is 70.7 Å². The van der Waals surface area contributed by atoms with E-state index < -0.39 is 0 Å². The number of carbonyl (C=O) groups is 1. The number of hydrogen-bond donors (Lipinski definition) is 3. The number of fused-ring (bicyclic) bond motifs is 2. The van der Waals surface area contributed by atoms with Crippen molar-refractivity contribution in [1.29, 1.82) is 5.41 Å². The number of nitrogens with one attached hydrogen (secondary N) is 2. The molecule has 3 aliphatic rings. The molecule has 1 aromatic carbocycles. The molecular weight excluding hydrogens is 458 g/mol. The van der Waals surface area contributed by atoms with Crippen molar-refractivity contribution in [3.63, 3.8) is 0 Å². The average molecular weight is 494 g/mol. The van der Waals surface area contributed by atoms with Crippen LogP contribution >= 0.6 is 0 Å². The fourth-order valence-corrected chi connectivity index (χ4v) is 5.44. The normalized spacial score (nSPS) is 22.0. The zero-order valence-corrected chi connectivity index (χ0v) is 20.6. The Bertz CT molecular complexity index is 1180. The molecule has 2 fully saturated rings. The number of amides is 1. The lowest BCUT2D eigenvalue weighted by molar-refractivity contribution is 0.0704. The van der Waals surface area contributed by atoms with Crippen molar-refractivity contribution in [2.24, 2.45) is 11.7 Å². The van der Waals surface area contributed by atoms with Gasteiger partial charge in [0.15, 0.2) is 17.3 Å². The average Bonchev–Trinajstić information content (AvgIpc) is 3.15. The molecule has 10 heteroatoms. The number of nitrogens with two attached hydrogens (primary N) is 1. The van der Waals surface area contributed by atoms with Crippen molar-refractivity contribution in [2.45, 2.75) is 44.6 Å². The Morgan fingerprint density at radius 3 is 2.89 bits per heavy atom. The fourth-order valence-electron chi connectivity index (χ4n) is 5.44. The number of benzene rings is 1. The minimum absolute atomic E-state index is 0.0609. The summed E-state index contributed by atoms with van der Waals surface area (Å²) in [5.74, 6) is 1.52. The van der Waals surface area contributed by atoms with Crippen molar-refractivity contribution in [2.75, 3.05) is 44.6 Å². The number of rotatable bonds is 6. The second kappa shape index (κ2) is 10.8. The minimum Gasteiger partial charge on any atom is -0.450 e. The Morgan fingerprint density at radius 1 is 1.19 bits per heavy atom. The molecule has 1 unspecified atom stereocenters. The Balaban J connectivity index is 1.31. The number of nitrogens with zero attached hydrogens (tertiary/aromatic N) is 4. The van der Waals surface area contributed by atoms with Crippen molar-refractivity contribution in [3.05, 3.63) is 40.4 Å². The summed E-state index contributed by atoms with van der Waals surface area (Å²) in [4.78, 5) is 34.6. The third kappa shape index (κ3) is 5.15. The van der Waals surface area contributed by atoms with Crippen LogP contribution in [0.3, 0.4) is 0 Å². The van der Waals surface area contributed by atoms with Gasteiger partial charge in [-0.25, -0.2) is 4.79 Å². The summed E-state index contributed by atoms with van der Waals surface area (Å²) in [7, 11) is 0. The van der Waals surface area contributed by atoms with E-state index in [0.29, 0.717) is 48.2 Å². The van der Waals surface area contributed by atoms with Gasteiger partial charge in [0.2, 0.25) is 0 Å². The van der Waals surface area contributed by atoms with Gasteiger partial charge in [-0.3, -0.25) is 9.36 Å². The number of ether oxygens (including phenoxy) is 1. The van der Waals surface area contributed by atoms with Crippen LogP contribution in [0.1, 0.15) is 54.9 Å². The molecule has 4 N–H and O–H groups in total. The second-order valence-corrected chi connectivity index (χ2v) is 9.97. The zero-order chi connectivity index (χ0) is 25.1. The Labute approximate surface area is 210 Å². The van der Waals surface area contributed by atoms with Crippen LogP contribution in [0.25, 0.3) is 0 Å². The maximum absolute atomic E-state index is 13.1. The highest BCUT2D eigenvalue weighted by Gasteiger charge is 2.27. The largest absolute Gasteiger partial charge is 0.450 e. The number of aromatic nitrogens is 2. The molecule has 4 heterocycles. The Kier molecular flexibility index (Phi) is 7.33. The van der Waals surface area contributed by atoms with E-state index in [9.17, 15) is 9.59 Å². The van der Waals surface area contributed by atoms with Crippen LogP contribution in [0, 0.1) is 11.3 Å². The summed E-state index contributed by atoms with van der Waals surface area (Å²) in [6.45, 7) is 4.91. The van der Waals surface area contributed by atoms with E-state index in [4.69, 9.17) is 15.9 Å². The first kappa shape index (κ1) is 24.5. The van der Waals surface area contributed by atoms with Crippen LogP contribution in [-0.2, 0) is 0 Å². The van der Waals surface area contributed by atoms with Crippen molar-refractivity contribution >= 4 is 23.6 Å². The molecule has 5 rings (SSSR count). The molecule has 0 bridgehead atoms. The van der Waals surface area contributed by atoms with Gasteiger partial charge in [-0.1, -0.05) is 0 Å². The third-order valence-corrected chi connectivity index (χ3v) is 7.46. The van der Waals surface area contributed by atoms with E-state index in [1.807, 2.05) is 0 Å². The minimum atomic E-state index is -0.299. The lowest BCUT2D eigenvalue weighted by Gasteiger charge is -2.31. The first-order chi connectivity index (χ1) is 17.6. The summed E-state index contributed by atoms with van der Waals surface area (Å²) in [5, 5.41) is 10.7. The van der Waals surface area contributed by atoms with E-state index in [-0.39, 0.29) is 23.6 Å². The van der Waals surface area contributed by atoms with E-state index >= 15 is 0 Å². The zero-order valence-electron chi connectivity index (χ0n) is 20.6. The van der Waals surface area contributed by atoms with Crippen LogP contribution in [0.5, 0.6) is 11.5 Å². The predicted molar refractivity (Wildman–Crippen MR) is 139 cm³/mol. The highest BCUT2D eigenvalue weighted by molar-refractivity contribution is 5.96. The topological polar surface area (TPSA) is 130 Å². The van der Waals surface area contributed by atoms with Crippen LogP contribution < -0.4 is 21.5 Å². The summed E-state index contributed by atoms with van der Waals surface area (Å²) < 4.78 is 7.83. The molecule has 2 saturated heterocycles. The van der Waals surface area contributed by atoms with Gasteiger partial charge in [0.1, 0.15) is 0 Å². The van der Waals surface area contributed by atoms with Gasteiger partial charge in [-0.15, -0.1) is 0 Å². The van der Waals surface area contributed by atoms with E-state index in [1.165, 1.54) is 6.21 Å². The van der Waals surface area contributed by atoms with E-state index in [1.54, 1.807) is 33.9 Å². The first-order valence-corrected chi connectivity index (χ1v) is 13.0. The van der Waals surface area contributed by atoms with Crippen molar-refractivity contribution < 1.29 is 9.53 Å². The fraction of sp³-hybridized carbons (Fsp3) is 0.538. The summed E-state index contributed by atoms with van der Waals surface area (Å²) >= 11 is 0. The standard InChI is InChI=1S/C26H35N7O3/c27-9-3-11-31-10-2-5-20(8-13-31)33-17-23-24(30-26(33)35)29-21-14-19(6-7-22(21)36-23)25(34)32-12-1-4-18(15-28)16-32/h6-7,14-15,17-18,20,28H,1-5,8-13,16,27H2,(H,29,30,35)/t18-,20?/m1/s1. The van der Waals surface area contributed by atoms with Gasteiger partial charge in [-0.2, -0.15) is 4.98 Å². The quantitative estimate of drug-likeness (QED) is 0.450. The van der Waals surface area contributed by atoms with Gasteiger partial charge in [-0.05, 0) is 76.4 Å². The summed E-state index contributed by atoms with van der Waals surface area (Å²) in [5.41, 5.74) is 6.52. The maximum Gasteiger partial charge on any atom is 0.350 e. The second-order valence-electron chi connectivity index (χ2n) is 9.97. The number of anilines is 2. The van der Waals surface area contributed by atoms with Crippen LogP contribution in [0.4, 0.5) is 11.5 Å². The van der Waals surface area contributed by atoms with Gasteiger partial charge < -0.3 is 31.0 Å². The molecule has 192 valence electrons. The monoisotopic (exact) mass is 493 g/mol. The van der Waals surface area contributed by atoms with Crippen LogP contribution in [0.15, 0.2) is 29.2 Å². The number of piperidine rings is 1. The molecule has 2 aromatic rings. The van der Waals surface area contributed by atoms with Gasteiger partial charge in [0.25, 0.3) is 5.91 Å².